The molecule has 2 aromatic rings. The van der Waals surface area contributed by atoms with Gasteiger partial charge in [-0.2, -0.15) is 0 Å². The maximum atomic E-state index is 6.06. The van der Waals surface area contributed by atoms with E-state index in [1.807, 2.05) is 24.3 Å². The third kappa shape index (κ3) is 4.55. The van der Waals surface area contributed by atoms with Crippen molar-refractivity contribution in [3.8, 4) is 0 Å². The summed E-state index contributed by atoms with van der Waals surface area (Å²) in [5, 5.41) is 4.93. The zero-order valence-electron chi connectivity index (χ0n) is 9.49. The van der Waals surface area contributed by atoms with E-state index >= 15 is 0 Å². The fourth-order valence-electron chi connectivity index (χ4n) is 1.34. The van der Waals surface area contributed by atoms with Gasteiger partial charge in [0, 0.05) is 14.9 Å². The van der Waals surface area contributed by atoms with Gasteiger partial charge >= 0.3 is 0 Å². The molecule has 0 fully saturated rings. The summed E-state index contributed by atoms with van der Waals surface area (Å²) in [4.78, 5) is 1.00. The van der Waals surface area contributed by atoms with E-state index in [1.54, 1.807) is 18.2 Å². The molecule has 6 heteroatoms. The van der Waals surface area contributed by atoms with E-state index in [9.17, 15) is 0 Å². The molecule has 98 valence electrons. The van der Waals surface area contributed by atoms with Crippen molar-refractivity contribution in [1.29, 1.82) is 0 Å². The molecule has 0 amide bonds. The van der Waals surface area contributed by atoms with Crippen LogP contribution >= 0.6 is 58.8 Å². The molecule has 0 saturated carbocycles. The highest BCUT2D eigenvalue weighted by Gasteiger charge is 2.05. The molecular weight excluding hydrogens is 341 g/mol. The Bertz CT molecular complexity index is 599. The van der Waals surface area contributed by atoms with E-state index < -0.39 is 0 Å². The number of hydrogen-bond donors (Lipinski definition) is 1. The minimum Gasteiger partial charge on any atom is -0.340 e. The minimum atomic E-state index is 0.573. The maximum absolute atomic E-state index is 6.06. The number of rotatable bonds is 2. The van der Waals surface area contributed by atoms with Crippen molar-refractivity contribution in [3.63, 3.8) is 0 Å². The number of benzene rings is 2. The van der Waals surface area contributed by atoms with Crippen molar-refractivity contribution >= 4 is 68.8 Å². The molecule has 0 aliphatic heterocycles. The van der Waals surface area contributed by atoms with Crippen LogP contribution in [0.1, 0.15) is 0 Å². The van der Waals surface area contributed by atoms with Gasteiger partial charge in [-0.1, -0.05) is 58.8 Å². The van der Waals surface area contributed by atoms with Gasteiger partial charge in [-0.15, -0.1) is 0 Å². The predicted octanol–water partition coefficient (Wildman–Crippen LogP) is 6.14. The van der Waals surface area contributed by atoms with Crippen LogP contribution in [0.4, 0.5) is 5.69 Å². The van der Waals surface area contributed by atoms with Crippen LogP contribution in [0.25, 0.3) is 0 Å². The third-order valence-electron chi connectivity index (χ3n) is 2.19. The van der Waals surface area contributed by atoms with Crippen molar-refractivity contribution in [1.82, 2.24) is 0 Å². The van der Waals surface area contributed by atoms with Crippen molar-refractivity contribution < 1.29 is 0 Å². The van der Waals surface area contributed by atoms with Gasteiger partial charge in [0.1, 0.15) is 4.32 Å². The summed E-state index contributed by atoms with van der Waals surface area (Å²) in [6.45, 7) is 0. The summed E-state index contributed by atoms with van der Waals surface area (Å²) in [7, 11) is 0. The third-order valence-corrected chi connectivity index (χ3v) is 4.15. The van der Waals surface area contributed by atoms with E-state index in [-0.39, 0.29) is 0 Å². The Labute approximate surface area is 136 Å². The number of halogens is 3. The van der Waals surface area contributed by atoms with E-state index in [1.165, 1.54) is 11.8 Å². The molecule has 2 aromatic carbocycles. The molecule has 0 unspecified atom stereocenters. The molecule has 2 rings (SSSR count). The Balaban J connectivity index is 2.05. The molecule has 0 spiro atoms. The number of anilines is 1. The Hall–Kier alpha value is -0.450. The van der Waals surface area contributed by atoms with Crippen LogP contribution in [0.5, 0.6) is 0 Å². The Morgan fingerprint density at radius 1 is 0.947 bits per heavy atom. The number of hydrogen-bond acceptors (Lipinski definition) is 2. The second-order valence-electron chi connectivity index (χ2n) is 3.59. The number of thioether (sulfide) groups is 1. The molecule has 0 aromatic heterocycles. The SMILES string of the molecule is S=C(Nc1cc(Cl)ccc1Cl)Sc1ccc(Cl)cc1. The highest BCUT2D eigenvalue weighted by molar-refractivity contribution is 8.23. The average Bonchev–Trinajstić information content (AvgIpc) is 2.37. The van der Waals surface area contributed by atoms with Crippen molar-refractivity contribution in [3.05, 3.63) is 57.5 Å². The van der Waals surface area contributed by atoms with Crippen LogP contribution in [0.2, 0.25) is 15.1 Å². The molecule has 19 heavy (non-hydrogen) atoms. The van der Waals surface area contributed by atoms with Gasteiger partial charge in [0.15, 0.2) is 0 Å². The van der Waals surface area contributed by atoms with Gasteiger partial charge in [-0.3, -0.25) is 0 Å². The van der Waals surface area contributed by atoms with Gasteiger partial charge in [0.2, 0.25) is 0 Å². The van der Waals surface area contributed by atoms with Crippen LogP contribution in [-0.2, 0) is 0 Å². The molecule has 0 radical (unpaired) electrons. The van der Waals surface area contributed by atoms with Crippen LogP contribution < -0.4 is 5.32 Å². The highest BCUT2D eigenvalue weighted by atomic mass is 35.5. The summed E-state index contributed by atoms with van der Waals surface area (Å²) in [5.74, 6) is 0. The molecule has 0 bridgehead atoms. The average molecular weight is 349 g/mol. The summed E-state index contributed by atoms with van der Waals surface area (Å²) in [6.07, 6.45) is 0. The minimum absolute atomic E-state index is 0.573. The first-order valence-corrected chi connectivity index (χ1v) is 7.60. The van der Waals surface area contributed by atoms with Crippen LogP contribution in [0, 0.1) is 0 Å². The Morgan fingerprint density at radius 3 is 2.26 bits per heavy atom. The largest absolute Gasteiger partial charge is 0.340 e. The molecule has 0 heterocycles. The van der Waals surface area contributed by atoms with Crippen molar-refractivity contribution in [2.75, 3.05) is 5.32 Å². The van der Waals surface area contributed by atoms with Gasteiger partial charge in [-0.05, 0) is 42.5 Å². The number of nitrogens with one attached hydrogen (secondary N) is 1. The lowest BCUT2D eigenvalue weighted by Crippen LogP contribution is -2.04. The lowest BCUT2D eigenvalue weighted by molar-refractivity contribution is 1.47. The fraction of sp³-hybridized carbons (Fsp3) is 0. The topological polar surface area (TPSA) is 12.0 Å². The summed E-state index contributed by atoms with van der Waals surface area (Å²) < 4.78 is 0.589. The fourth-order valence-corrected chi connectivity index (χ4v) is 2.85. The first-order valence-electron chi connectivity index (χ1n) is 5.24. The molecule has 0 saturated heterocycles. The lowest BCUT2D eigenvalue weighted by atomic mass is 10.3. The molecule has 1 nitrogen and oxygen atoms in total. The zero-order valence-corrected chi connectivity index (χ0v) is 13.4. The van der Waals surface area contributed by atoms with Gasteiger partial charge < -0.3 is 5.32 Å². The first-order chi connectivity index (χ1) is 9.04. The van der Waals surface area contributed by atoms with Gasteiger partial charge in [-0.25, -0.2) is 0 Å². The van der Waals surface area contributed by atoms with Gasteiger partial charge in [0.25, 0.3) is 0 Å². The Kier molecular flexibility index (Phi) is 5.37. The Morgan fingerprint density at radius 2 is 1.58 bits per heavy atom. The van der Waals surface area contributed by atoms with Crippen molar-refractivity contribution in [2.45, 2.75) is 4.90 Å². The first kappa shape index (κ1) is 14.9. The monoisotopic (exact) mass is 347 g/mol. The number of thiocarbonyl (C=S) groups is 1. The van der Waals surface area contributed by atoms with E-state index in [0.717, 1.165) is 4.90 Å². The quantitative estimate of drug-likeness (QED) is 0.517. The summed E-state index contributed by atoms with van der Waals surface area (Å²) in [6, 6.07) is 12.6. The van der Waals surface area contributed by atoms with Crippen molar-refractivity contribution in [2.24, 2.45) is 0 Å². The highest BCUT2D eigenvalue weighted by Crippen LogP contribution is 2.28. The standard InChI is InChI=1S/C13H8Cl3NS2/c14-8-1-4-10(5-2-8)19-13(18)17-12-7-9(15)3-6-11(12)16/h1-7H,(H,17,18). The van der Waals surface area contributed by atoms with Crippen LogP contribution in [0.15, 0.2) is 47.4 Å². The molecular formula is C13H8Cl3NS2. The van der Waals surface area contributed by atoms with Gasteiger partial charge in [0.05, 0.1) is 10.7 Å². The molecule has 0 aliphatic rings. The van der Waals surface area contributed by atoms with Crippen LogP contribution in [-0.4, -0.2) is 4.32 Å². The predicted molar refractivity (Wildman–Crippen MR) is 90.0 cm³/mol. The smallest absolute Gasteiger partial charge is 0.143 e. The summed E-state index contributed by atoms with van der Waals surface area (Å²) in [5.41, 5.74) is 0.695. The van der Waals surface area contributed by atoms with E-state index in [2.05, 4.69) is 5.32 Å². The normalized spacial score (nSPS) is 10.3. The lowest BCUT2D eigenvalue weighted by Gasteiger charge is -2.09. The van der Waals surface area contributed by atoms with E-state index in [4.69, 9.17) is 47.0 Å². The zero-order chi connectivity index (χ0) is 13.8. The van der Waals surface area contributed by atoms with Crippen LogP contribution in [0.3, 0.4) is 0 Å². The molecule has 1 N–H and O–H groups in total. The summed E-state index contributed by atoms with van der Waals surface area (Å²) >= 11 is 24.5. The van der Waals surface area contributed by atoms with E-state index in [0.29, 0.717) is 25.1 Å². The molecule has 0 aliphatic carbocycles. The second kappa shape index (κ2) is 6.82. The molecule has 0 atom stereocenters. The maximum Gasteiger partial charge on any atom is 0.143 e. The second-order valence-corrected chi connectivity index (χ2v) is 6.62.